The van der Waals surface area contributed by atoms with E-state index < -0.39 is 34.8 Å². The van der Waals surface area contributed by atoms with Crippen LogP contribution in [0.5, 0.6) is 0 Å². The SMILES string of the molecule is O=C(O)c1ccc(S(=O)(=O)NCC(N2CCOCC2)C(F)(F)F)cc1. The summed E-state index contributed by atoms with van der Waals surface area (Å²) >= 11 is 0. The number of carboxylic acid groups (broad SMARTS) is 1. The molecule has 140 valence electrons. The number of halogens is 3. The second kappa shape index (κ2) is 7.68. The van der Waals surface area contributed by atoms with E-state index in [1.54, 1.807) is 0 Å². The number of nitrogens with zero attached hydrogens (tertiary/aromatic N) is 1. The maximum atomic E-state index is 13.2. The van der Waals surface area contributed by atoms with Gasteiger partial charge in [-0.1, -0.05) is 0 Å². The Labute approximate surface area is 142 Å². The number of hydrogen-bond acceptors (Lipinski definition) is 5. The van der Waals surface area contributed by atoms with Gasteiger partial charge in [-0.25, -0.2) is 17.9 Å². The number of alkyl halides is 3. The first-order valence-electron chi connectivity index (χ1n) is 7.33. The normalized spacial score (nSPS) is 18.0. The lowest BCUT2D eigenvalue weighted by Crippen LogP contribution is -2.55. The smallest absolute Gasteiger partial charge is 0.405 e. The van der Waals surface area contributed by atoms with Crippen LogP contribution in [0.3, 0.4) is 0 Å². The third-order valence-corrected chi connectivity index (χ3v) is 5.18. The van der Waals surface area contributed by atoms with E-state index >= 15 is 0 Å². The van der Waals surface area contributed by atoms with Crippen LogP contribution in [-0.2, 0) is 14.8 Å². The molecule has 0 bridgehead atoms. The van der Waals surface area contributed by atoms with Crippen LogP contribution in [0.4, 0.5) is 13.2 Å². The summed E-state index contributed by atoms with van der Waals surface area (Å²) in [6.07, 6.45) is -4.60. The minimum Gasteiger partial charge on any atom is -0.478 e. The zero-order valence-corrected chi connectivity index (χ0v) is 13.8. The Bertz CT molecular complexity index is 700. The second-order valence-electron chi connectivity index (χ2n) is 5.39. The van der Waals surface area contributed by atoms with Crippen LogP contribution >= 0.6 is 0 Å². The minimum absolute atomic E-state index is 0.0548. The number of morpholine rings is 1. The molecule has 1 atom stereocenters. The maximum Gasteiger partial charge on any atom is 0.405 e. The summed E-state index contributed by atoms with van der Waals surface area (Å²) in [5.74, 6) is -1.23. The predicted molar refractivity (Wildman–Crippen MR) is 80.8 cm³/mol. The van der Waals surface area contributed by atoms with Crippen molar-refractivity contribution < 1.29 is 36.2 Å². The topological polar surface area (TPSA) is 95.9 Å². The molecule has 2 N–H and O–H groups in total. The summed E-state index contributed by atoms with van der Waals surface area (Å²) in [5, 5.41) is 8.78. The molecule has 7 nitrogen and oxygen atoms in total. The van der Waals surface area contributed by atoms with Crippen molar-refractivity contribution in [3.63, 3.8) is 0 Å². The molecular formula is C14H17F3N2O5S. The molecule has 25 heavy (non-hydrogen) atoms. The van der Waals surface area contributed by atoms with Crippen molar-refractivity contribution in [3.05, 3.63) is 29.8 Å². The van der Waals surface area contributed by atoms with E-state index in [0.29, 0.717) is 0 Å². The number of carboxylic acids is 1. The number of aromatic carboxylic acids is 1. The van der Waals surface area contributed by atoms with Gasteiger partial charge >= 0.3 is 12.1 Å². The van der Waals surface area contributed by atoms with E-state index in [2.05, 4.69) is 0 Å². The molecule has 0 saturated carbocycles. The number of ether oxygens (including phenoxy) is 1. The first-order chi connectivity index (χ1) is 11.6. The van der Waals surface area contributed by atoms with E-state index in [9.17, 15) is 26.4 Å². The van der Waals surface area contributed by atoms with Crippen molar-refractivity contribution in [2.24, 2.45) is 0 Å². The van der Waals surface area contributed by atoms with E-state index in [0.717, 1.165) is 29.2 Å². The van der Waals surface area contributed by atoms with E-state index in [4.69, 9.17) is 9.84 Å². The zero-order chi connectivity index (χ0) is 18.7. The molecule has 1 heterocycles. The van der Waals surface area contributed by atoms with Gasteiger partial charge in [0.2, 0.25) is 10.0 Å². The van der Waals surface area contributed by atoms with E-state index in [-0.39, 0.29) is 36.8 Å². The molecule has 1 unspecified atom stereocenters. The van der Waals surface area contributed by atoms with Crippen LogP contribution in [0.1, 0.15) is 10.4 Å². The Morgan fingerprint density at radius 1 is 1.24 bits per heavy atom. The van der Waals surface area contributed by atoms with Gasteiger partial charge in [-0.3, -0.25) is 4.90 Å². The van der Waals surface area contributed by atoms with E-state index in [1.807, 2.05) is 4.72 Å². The van der Waals surface area contributed by atoms with Crippen LogP contribution in [0.2, 0.25) is 0 Å². The van der Waals surface area contributed by atoms with Gasteiger partial charge in [0.1, 0.15) is 6.04 Å². The zero-order valence-electron chi connectivity index (χ0n) is 13.0. The Morgan fingerprint density at radius 3 is 2.28 bits per heavy atom. The van der Waals surface area contributed by atoms with Gasteiger partial charge in [-0.05, 0) is 24.3 Å². The first-order valence-corrected chi connectivity index (χ1v) is 8.81. The van der Waals surface area contributed by atoms with Crippen molar-refractivity contribution in [2.75, 3.05) is 32.8 Å². The van der Waals surface area contributed by atoms with Crippen LogP contribution in [0.15, 0.2) is 29.2 Å². The van der Waals surface area contributed by atoms with Gasteiger partial charge in [0.15, 0.2) is 0 Å². The molecule has 1 aromatic carbocycles. The lowest BCUT2D eigenvalue weighted by atomic mass is 10.2. The van der Waals surface area contributed by atoms with Gasteiger partial charge in [-0.15, -0.1) is 0 Å². The van der Waals surface area contributed by atoms with Gasteiger partial charge < -0.3 is 9.84 Å². The Balaban J connectivity index is 2.11. The Kier molecular flexibility index (Phi) is 6.03. The lowest BCUT2D eigenvalue weighted by molar-refractivity contribution is -0.189. The summed E-state index contributed by atoms with van der Waals surface area (Å²) in [7, 11) is -4.20. The number of benzene rings is 1. The average molecular weight is 382 g/mol. The van der Waals surface area contributed by atoms with Gasteiger partial charge in [0.05, 0.1) is 23.7 Å². The van der Waals surface area contributed by atoms with Crippen molar-refractivity contribution in [1.82, 2.24) is 9.62 Å². The van der Waals surface area contributed by atoms with Crippen molar-refractivity contribution >= 4 is 16.0 Å². The molecule has 1 aliphatic rings. The number of hydrogen-bond donors (Lipinski definition) is 2. The highest BCUT2D eigenvalue weighted by Gasteiger charge is 2.44. The van der Waals surface area contributed by atoms with Crippen molar-refractivity contribution in [3.8, 4) is 0 Å². The molecule has 0 spiro atoms. The van der Waals surface area contributed by atoms with E-state index in [1.165, 1.54) is 0 Å². The van der Waals surface area contributed by atoms with Crippen LogP contribution in [0.25, 0.3) is 0 Å². The molecule has 1 aromatic rings. The Hall–Kier alpha value is -1.69. The summed E-state index contributed by atoms with van der Waals surface area (Å²) in [4.78, 5) is 11.6. The lowest BCUT2D eigenvalue weighted by Gasteiger charge is -2.35. The second-order valence-corrected chi connectivity index (χ2v) is 7.15. The summed E-state index contributed by atoms with van der Waals surface area (Å²) in [5.41, 5.74) is -0.125. The standard InChI is InChI=1S/C14H17F3N2O5S/c15-14(16,17)12(19-5-7-24-8-6-19)9-18-25(22,23)11-3-1-10(2-4-11)13(20)21/h1-4,12,18H,5-9H2,(H,20,21). The fourth-order valence-electron chi connectivity index (χ4n) is 2.39. The monoisotopic (exact) mass is 382 g/mol. The molecular weight excluding hydrogens is 365 g/mol. The molecule has 0 amide bonds. The van der Waals surface area contributed by atoms with Gasteiger partial charge in [-0.2, -0.15) is 13.2 Å². The Morgan fingerprint density at radius 2 is 1.80 bits per heavy atom. The number of sulfonamides is 1. The number of nitrogens with one attached hydrogen (secondary N) is 1. The summed E-state index contributed by atoms with van der Waals surface area (Å²) in [6, 6.07) is 2.23. The average Bonchev–Trinajstić information content (AvgIpc) is 2.54. The molecule has 0 radical (unpaired) electrons. The first kappa shape index (κ1) is 19.6. The third-order valence-electron chi connectivity index (χ3n) is 3.74. The number of rotatable bonds is 6. The summed E-state index contributed by atoms with van der Waals surface area (Å²) < 4.78 is 71.0. The summed E-state index contributed by atoms with van der Waals surface area (Å²) in [6.45, 7) is -0.434. The molecule has 1 aliphatic heterocycles. The molecule has 2 rings (SSSR count). The largest absolute Gasteiger partial charge is 0.478 e. The highest BCUT2D eigenvalue weighted by Crippen LogP contribution is 2.25. The fraction of sp³-hybridized carbons (Fsp3) is 0.500. The molecule has 1 fully saturated rings. The van der Waals surface area contributed by atoms with Crippen LogP contribution in [0, 0.1) is 0 Å². The van der Waals surface area contributed by atoms with Crippen LogP contribution < -0.4 is 4.72 Å². The molecule has 1 saturated heterocycles. The highest BCUT2D eigenvalue weighted by atomic mass is 32.2. The quantitative estimate of drug-likeness (QED) is 0.760. The van der Waals surface area contributed by atoms with Crippen molar-refractivity contribution in [1.29, 1.82) is 0 Å². The van der Waals surface area contributed by atoms with Crippen LogP contribution in [-0.4, -0.2) is 69.5 Å². The predicted octanol–water partition coefficient (Wildman–Crippen LogP) is 0.926. The fourth-order valence-corrected chi connectivity index (χ4v) is 3.43. The maximum absolute atomic E-state index is 13.2. The van der Waals surface area contributed by atoms with Crippen molar-refractivity contribution in [2.45, 2.75) is 17.1 Å². The van der Waals surface area contributed by atoms with Gasteiger partial charge in [0, 0.05) is 19.6 Å². The molecule has 11 heteroatoms. The molecule has 0 aromatic heterocycles. The minimum atomic E-state index is -4.60. The molecule has 0 aliphatic carbocycles. The van der Waals surface area contributed by atoms with Gasteiger partial charge in [0.25, 0.3) is 0 Å². The third kappa shape index (κ3) is 5.14. The number of carbonyl (C=O) groups is 1. The highest BCUT2D eigenvalue weighted by molar-refractivity contribution is 7.89.